The largest absolute Gasteiger partial charge is 0.494 e. The number of fused-ring (bicyclic) bond motifs is 22. The van der Waals surface area contributed by atoms with Gasteiger partial charge in [-0.25, -0.2) is 29.9 Å². The molecule has 7 heterocycles. The number of aromatic nitrogens is 6. The van der Waals surface area contributed by atoms with Crippen molar-refractivity contribution in [3.63, 3.8) is 0 Å². The first-order chi connectivity index (χ1) is 59.8. The minimum Gasteiger partial charge on any atom is -0.455 e. The van der Waals surface area contributed by atoms with Gasteiger partial charge >= 0.3 is 7.12 Å². The second kappa shape index (κ2) is 28.9. The van der Waals surface area contributed by atoms with Gasteiger partial charge < -0.3 is 27.0 Å². The Morgan fingerprint density at radius 3 is 0.943 bits per heavy atom. The molecule has 2 spiro atoms. The molecule has 0 bridgehead atoms. The normalized spacial score (nSPS) is 15.8. The highest BCUT2D eigenvalue weighted by Crippen LogP contribution is 2.58. The lowest BCUT2D eigenvalue weighted by molar-refractivity contribution is 0.00578. The van der Waals surface area contributed by atoms with Crippen molar-refractivity contribution in [2.45, 2.75) is 114 Å². The summed E-state index contributed by atoms with van der Waals surface area (Å²) < 4.78 is 38.3. The van der Waals surface area contributed by atoms with Crippen LogP contribution >= 0.6 is 11.6 Å². The Balaban J connectivity index is 0.000000114. The molecule has 0 amide bonds. The maximum atomic E-state index is 6.48. The predicted octanol–water partition coefficient (Wildman–Crippen LogP) is 28.1. The van der Waals surface area contributed by atoms with Crippen molar-refractivity contribution in [1.29, 1.82) is 0 Å². The molecule has 0 N–H and O–H groups in total. The van der Waals surface area contributed by atoms with Crippen LogP contribution in [0.2, 0.25) is 5.02 Å². The van der Waals surface area contributed by atoms with Crippen LogP contribution in [0, 0.1) is 0 Å². The third kappa shape index (κ3) is 12.1. The molecule has 4 aliphatic carbocycles. The molecule has 12 nitrogen and oxygen atoms in total. The van der Waals surface area contributed by atoms with Gasteiger partial charge in [-0.1, -0.05) is 275 Å². The smallest absolute Gasteiger partial charge is 0.455 e. The Morgan fingerprint density at radius 1 is 0.254 bits per heavy atom. The van der Waals surface area contributed by atoms with E-state index < -0.39 is 0 Å². The summed E-state index contributed by atoms with van der Waals surface area (Å²) in [6.07, 6.45) is 12.8. The van der Waals surface area contributed by atoms with Crippen LogP contribution in [0.25, 0.3) is 189 Å². The number of furan rings is 4. The van der Waals surface area contributed by atoms with Crippen LogP contribution in [0.5, 0.6) is 0 Å². The van der Waals surface area contributed by atoms with Gasteiger partial charge in [-0.2, -0.15) is 0 Å². The molecule has 1 aliphatic heterocycles. The molecule has 3 fully saturated rings. The van der Waals surface area contributed by atoms with E-state index in [4.69, 9.17) is 68.5 Å². The fraction of sp³-hybridized carbons (Fsp3) is 0.167. The summed E-state index contributed by atoms with van der Waals surface area (Å²) in [6, 6.07) is 105. The second-order valence-corrected chi connectivity index (χ2v) is 34.8. The number of halogens is 1. The molecule has 20 aromatic rings. The van der Waals surface area contributed by atoms with Gasteiger partial charge in [0, 0.05) is 70.1 Å². The van der Waals surface area contributed by atoms with Crippen LogP contribution < -0.4 is 5.46 Å². The van der Waals surface area contributed by atoms with E-state index >= 15 is 0 Å². The molecular weight excluding hydrogens is 1520 g/mol. The number of benzene rings is 14. The van der Waals surface area contributed by atoms with Crippen molar-refractivity contribution in [2.75, 3.05) is 0 Å². The third-order valence-corrected chi connectivity index (χ3v) is 27.2. The van der Waals surface area contributed by atoms with Crippen molar-refractivity contribution < 1.29 is 27.0 Å². The lowest BCUT2D eigenvalue weighted by Gasteiger charge is -2.36. The molecule has 14 aromatic carbocycles. The number of para-hydroxylation sites is 8. The molecule has 0 atom stereocenters. The zero-order valence-corrected chi connectivity index (χ0v) is 68.8. The van der Waals surface area contributed by atoms with E-state index in [-0.39, 0.29) is 29.2 Å². The Labute approximate surface area is 710 Å². The molecular formula is C108H82BClN6O6. The van der Waals surface area contributed by atoms with Crippen LogP contribution in [0.15, 0.2) is 321 Å². The van der Waals surface area contributed by atoms with Gasteiger partial charge in [0.05, 0.1) is 33.5 Å². The van der Waals surface area contributed by atoms with E-state index in [1.807, 2.05) is 146 Å². The molecule has 5 aliphatic rings. The molecule has 122 heavy (non-hydrogen) atoms. The third-order valence-electron chi connectivity index (χ3n) is 26.9. The van der Waals surface area contributed by atoms with E-state index in [0.29, 0.717) is 40.0 Å². The first kappa shape index (κ1) is 73.7. The molecule has 0 radical (unpaired) electrons. The summed E-state index contributed by atoms with van der Waals surface area (Å²) in [4.78, 5) is 30.3. The zero-order valence-electron chi connectivity index (χ0n) is 68.0. The maximum Gasteiger partial charge on any atom is 0.494 e. The van der Waals surface area contributed by atoms with Crippen LogP contribution in [0.1, 0.15) is 114 Å². The first-order valence-corrected chi connectivity index (χ1v) is 43.0. The fourth-order valence-corrected chi connectivity index (χ4v) is 20.3. The van der Waals surface area contributed by atoms with Gasteiger partial charge in [0.25, 0.3) is 0 Å². The SMILES string of the molecule is CC1(C)OB(c2ccc3c(c2)C2(CCCCC2)c2ccccc2-3)OC1(C)C.Clc1ccc(-c2nc(-c3cccc4c3oc3ccccc34)nc(-c3cccc4c3oc3ccccc34)n2)cc1.c1ccc2c(c1)-c1ccc(-c3ccc(-c4nc(-c5cccc6c5oc5ccccc56)nc(-c5cccc6c5oc5ccccc56)n4)cc3)cc1C21CCCCC1. The average molecular weight is 1610 g/mol. The van der Waals surface area contributed by atoms with Crippen molar-refractivity contribution in [2.24, 2.45) is 0 Å². The van der Waals surface area contributed by atoms with Gasteiger partial charge in [0.2, 0.25) is 0 Å². The molecule has 590 valence electrons. The number of nitrogens with zero attached hydrogens (tertiary/aromatic N) is 6. The van der Waals surface area contributed by atoms with Crippen LogP contribution in [0.4, 0.5) is 0 Å². The standard InChI is InChI=1S/C51H35N3O2.C33H18ClN3O2.C24H29BO2/c1-8-28-51(29-9-1)42-19-5-2-12-34(42)35-27-26-33(30-43(35)51)31-22-24-32(25-23-31)48-52-49(40-17-10-15-38-36-13-3-6-20-44(36)55-46(38)40)54-50(53-48)41-18-11-16-39-37-14-4-7-21-45(37)56-47(39)41;34-20-17-15-19(16-18-20)31-35-32(25-11-5-9-23-21-7-1-3-13-27(21)38-29(23)25)37-33(36-31)26-12-6-10-24-22-8-2-4-14-28(22)39-30(24)26;1-22(2)23(3,4)27-25(26-22)17-12-13-19-18-10-6-7-11-20(18)24(21(19)16-17)14-8-5-9-15-24/h2-7,10-27,30H,1,8-9,28-29H2;1-18H;6-7,10-13,16H,5,8-9,14-15H2,1-4H3. The molecule has 2 saturated carbocycles. The van der Waals surface area contributed by atoms with Crippen molar-refractivity contribution >= 4 is 112 Å². The molecule has 14 heteroatoms. The summed E-state index contributed by atoms with van der Waals surface area (Å²) >= 11 is 6.18. The highest BCUT2D eigenvalue weighted by Gasteiger charge is 2.53. The minimum atomic E-state index is -0.303. The minimum absolute atomic E-state index is 0.114. The number of rotatable bonds is 8. The van der Waals surface area contributed by atoms with Gasteiger partial charge in [-0.15, -0.1) is 0 Å². The van der Waals surface area contributed by atoms with Gasteiger partial charge in [0.15, 0.2) is 34.9 Å². The van der Waals surface area contributed by atoms with E-state index in [1.165, 1.54) is 120 Å². The van der Waals surface area contributed by atoms with E-state index in [2.05, 4.69) is 185 Å². The highest BCUT2D eigenvalue weighted by molar-refractivity contribution is 6.62. The Hall–Kier alpha value is -13.4. The molecule has 0 unspecified atom stereocenters. The predicted molar refractivity (Wildman–Crippen MR) is 493 cm³/mol. The summed E-state index contributed by atoms with van der Waals surface area (Å²) in [5, 5.41) is 8.94. The summed E-state index contributed by atoms with van der Waals surface area (Å²) in [5.41, 5.74) is 26.2. The van der Waals surface area contributed by atoms with E-state index in [1.54, 1.807) is 0 Å². The average Bonchev–Trinajstić information content (AvgIpc) is 1.56. The highest BCUT2D eigenvalue weighted by atomic mass is 35.5. The monoisotopic (exact) mass is 1600 g/mol. The molecule has 6 aromatic heterocycles. The van der Waals surface area contributed by atoms with Crippen LogP contribution in [0.3, 0.4) is 0 Å². The van der Waals surface area contributed by atoms with Crippen LogP contribution in [-0.2, 0) is 20.1 Å². The van der Waals surface area contributed by atoms with Crippen molar-refractivity contribution in [3.8, 4) is 102 Å². The lowest BCUT2D eigenvalue weighted by atomic mass is 9.66. The van der Waals surface area contributed by atoms with E-state index in [9.17, 15) is 0 Å². The zero-order chi connectivity index (χ0) is 81.6. The molecule has 1 saturated heterocycles. The lowest BCUT2D eigenvalue weighted by Crippen LogP contribution is -2.41. The maximum absolute atomic E-state index is 6.48. The van der Waals surface area contributed by atoms with Gasteiger partial charge in [-0.05, 0) is 193 Å². The van der Waals surface area contributed by atoms with Gasteiger partial charge in [0.1, 0.15) is 44.7 Å². The van der Waals surface area contributed by atoms with Crippen molar-refractivity contribution in [1.82, 2.24) is 29.9 Å². The summed E-state index contributed by atoms with van der Waals surface area (Å²) in [7, 11) is -0.287. The molecule has 25 rings (SSSR count). The Bertz CT molecular complexity index is 7320. The van der Waals surface area contributed by atoms with Gasteiger partial charge in [-0.3, -0.25) is 0 Å². The number of hydrogen-bond acceptors (Lipinski definition) is 12. The Kier molecular flexibility index (Phi) is 17.5. The first-order valence-electron chi connectivity index (χ1n) is 42.6. The second-order valence-electron chi connectivity index (χ2n) is 34.3. The summed E-state index contributed by atoms with van der Waals surface area (Å²) in [6.45, 7) is 8.50. The van der Waals surface area contributed by atoms with Crippen molar-refractivity contribution in [3.05, 3.63) is 331 Å². The topological polar surface area (TPSA) is 148 Å². The van der Waals surface area contributed by atoms with E-state index in [0.717, 1.165) is 127 Å². The fourth-order valence-electron chi connectivity index (χ4n) is 20.2. The summed E-state index contributed by atoms with van der Waals surface area (Å²) in [5.74, 6) is 3.24. The quantitative estimate of drug-likeness (QED) is 0.133. The Morgan fingerprint density at radius 2 is 0.549 bits per heavy atom. The van der Waals surface area contributed by atoms with Crippen LogP contribution in [-0.4, -0.2) is 48.2 Å². The number of hydrogen-bond donors (Lipinski definition) is 0.